The zero-order chi connectivity index (χ0) is 21.2. The van der Waals surface area contributed by atoms with Gasteiger partial charge in [0.25, 0.3) is 11.8 Å². The second-order valence-electron chi connectivity index (χ2n) is 6.49. The summed E-state index contributed by atoms with van der Waals surface area (Å²) in [5, 5.41) is 6.83. The summed E-state index contributed by atoms with van der Waals surface area (Å²) in [5.74, 6) is 0.0515. The van der Waals surface area contributed by atoms with Crippen molar-refractivity contribution in [2.45, 2.75) is 13.0 Å². The third kappa shape index (κ3) is 6.27. The molecule has 1 aromatic heterocycles. The average molecular weight is 402 g/mol. The van der Waals surface area contributed by atoms with Gasteiger partial charge in [-0.2, -0.15) is 5.10 Å². The van der Waals surface area contributed by atoms with Crippen molar-refractivity contribution >= 4 is 18.0 Å². The Morgan fingerprint density at radius 1 is 1.03 bits per heavy atom. The second kappa shape index (κ2) is 10.5. The van der Waals surface area contributed by atoms with Crippen molar-refractivity contribution in [1.82, 2.24) is 15.7 Å². The molecule has 1 atom stereocenters. The molecule has 3 rings (SSSR count). The first kappa shape index (κ1) is 20.7. The Labute approximate surface area is 174 Å². The van der Waals surface area contributed by atoms with Crippen molar-refractivity contribution in [2.75, 3.05) is 6.61 Å². The zero-order valence-corrected chi connectivity index (χ0v) is 16.5. The standard InChI is InChI=1S/C23H22N4O3/c1-17(19-5-3-2-4-6-19)26-22(28)16-30-21-9-7-18(8-10-21)15-25-27-23(29)20-11-13-24-14-12-20/h2-15,17H,16H2,1H3,(H,26,28)(H,27,29)/b25-15-/t17-/m1/s1. The van der Waals surface area contributed by atoms with E-state index in [2.05, 4.69) is 20.8 Å². The minimum atomic E-state index is -0.315. The SMILES string of the molecule is C[C@@H](NC(=O)COc1ccc(/C=N\NC(=O)c2ccncc2)cc1)c1ccccc1. The third-order valence-corrected chi connectivity index (χ3v) is 4.25. The maximum atomic E-state index is 12.1. The topological polar surface area (TPSA) is 92.7 Å². The Balaban J connectivity index is 1.44. The lowest BCUT2D eigenvalue weighted by Gasteiger charge is -2.14. The van der Waals surface area contributed by atoms with Crippen LogP contribution in [0.15, 0.2) is 84.2 Å². The van der Waals surface area contributed by atoms with Crippen molar-refractivity contribution < 1.29 is 14.3 Å². The fourth-order valence-corrected chi connectivity index (χ4v) is 2.64. The quantitative estimate of drug-likeness (QED) is 0.447. The number of benzene rings is 2. The Hall–Kier alpha value is -4.00. The van der Waals surface area contributed by atoms with E-state index in [1.807, 2.05) is 37.3 Å². The first-order valence-electron chi connectivity index (χ1n) is 9.42. The molecule has 0 bridgehead atoms. The summed E-state index contributed by atoms with van der Waals surface area (Å²) >= 11 is 0. The predicted octanol–water partition coefficient (Wildman–Crippen LogP) is 3.10. The number of hydrazone groups is 1. The molecule has 0 unspecified atom stereocenters. The summed E-state index contributed by atoms with van der Waals surface area (Å²) < 4.78 is 5.53. The Kier molecular flexibility index (Phi) is 7.27. The van der Waals surface area contributed by atoms with Crippen molar-refractivity contribution in [2.24, 2.45) is 5.10 Å². The average Bonchev–Trinajstić information content (AvgIpc) is 2.79. The van der Waals surface area contributed by atoms with E-state index in [4.69, 9.17) is 4.74 Å². The van der Waals surface area contributed by atoms with Crippen LogP contribution in [0.1, 0.15) is 34.5 Å². The molecule has 1 heterocycles. The van der Waals surface area contributed by atoms with Gasteiger partial charge in [-0.05, 0) is 54.4 Å². The molecule has 152 valence electrons. The van der Waals surface area contributed by atoms with E-state index in [1.165, 1.54) is 6.21 Å². The molecule has 0 radical (unpaired) electrons. The monoisotopic (exact) mass is 402 g/mol. The van der Waals surface area contributed by atoms with E-state index in [9.17, 15) is 9.59 Å². The van der Waals surface area contributed by atoms with Gasteiger partial charge in [0.1, 0.15) is 5.75 Å². The number of carbonyl (C=O) groups is 2. The van der Waals surface area contributed by atoms with Gasteiger partial charge in [-0.25, -0.2) is 5.43 Å². The molecule has 0 aliphatic carbocycles. The maximum Gasteiger partial charge on any atom is 0.271 e. The molecule has 2 amide bonds. The molecule has 2 aromatic carbocycles. The summed E-state index contributed by atoms with van der Waals surface area (Å²) in [5.41, 5.74) is 4.74. The summed E-state index contributed by atoms with van der Waals surface area (Å²) in [7, 11) is 0. The lowest BCUT2D eigenvalue weighted by molar-refractivity contribution is -0.123. The molecule has 0 aliphatic rings. The predicted molar refractivity (Wildman–Crippen MR) is 114 cm³/mol. The van der Waals surface area contributed by atoms with E-state index >= 15 is 0 Å². The maximum absolute atomic E-state index is 12.1. The highest BCUT2D eigenvalue weighted by atomic mass is 16.5. The highest BCUT2D eigenvalue weighted by molar-refractivity contribution is 5.94. The van der Waals surface area contributed by atoms with Gasteiger partial charge in [0.15, 0.2) is 6.61 Å². The molecule has 2 N–H and O–H groups in total. The van der Waals surface area contributed by atoms with Gasteiger partial charge >= 0.3 is 0 Å². The molecule has 0 fully saturated rings. The highest BCUT2D eigenvalue weighted by Crippen LogP contribution is 2.13. The van der Waals surface area contributed by atoms with Gasteiger partial charge in [-0.1, -0.05) is 30.3 Å². The smallest absolute Gasteiger partial charge is 0.271 e. The van der Waals surface area contributed by atoms with Crippen LogP contribution in [0, 0.1) is 0 Å². The lowest BCUT2D eigenvalue weighted by atomic mass is 10.1. The van der Waals surface area contributed by atoms with Crippen LogP contribution < -0.4 is 15.5 Å². The van der Waals surface area contributed by atoms with Crippen molar-refractivity contribution in [3.63, 3.8) is 0 Å². The van der Waals surface area contributed by atoms with Gasteiger partial charge < -0.3 is 10.1 Å². The molecule has 7 heteroatoms. The molecule has 7 nitrogen and oxygen atoms in total. The van der Waals surface area contributed by atoms with Gasteiger partial charge in [0, 0.05) is 18.0 Å². The van der Waals surface area contributed by atoms with Gasteiger partial charge in [-0.15, -0.1) is 0 Å². The molecule has 30 heavy (non-hydrogen) atoms. The number of pyridine rings is 1. The van der Waals surface area contributed by atoms with Crippen LogP contribution in [0.2, 0.25) is 0 Å². The number of nitrogens with one attached hydrogen (secondary N) is 2. The second-order valence-corrected chi connectivity index (χ2v) is 6.49. The van der Waals surface area contributed by atoms with Gasteiger partial charge in [0.2, 0.25) is 0 Å². The summed E-state index contributed by atoms with van der Waals surface area (Å²) in [6, 6.07) is 19.9. The van der Waals surface area contributed by atoms with Crippen molar-refractivity contribution in [3.8, 4) is 5.75 Å². The third-order valence-electron chi connectivity index (χ3n) is 4.25. The van der Waals surface area contributed by atoms with E-state index in [0.717, 1.165) is 11.1 Å². The molecule has 3 aromatic rings. The fraction of sp³-hybridized carbons (Fsp3) is 0.130. The van der Waals surface area contributed by atoms with Crippen LogP contribution in [-0.4, -0.2) is 29.6 Å². The number of ether oxygens (including phenoxy) is 1. The zero-order valence-electron chi connectivity index (χ0n) is 16.5. The Morgan fingerprint density at radius 2 is 1.73 bits per heavy atom. The minimum absolute atomic E-state index is 0.0768. The first-order chi connectivity index (χ1) is 14.6. The Bertz CT molecular complexity index is 990. The highest BCUT2D eigenvalue weighted by Gasteiger charge is 2.09. The summed E-state index contributed by atoms with van der Waals surface area (Å²) in [6.45, 7) is 1.85. The number of hydrogen-bond acceptors (Lipinski definition) is 5. The largest absolute Gasteiger partial charge is 0.484 e. The van der Waals surface area contributed by atoms with Gasteiger partial charge in [-0.3, -0.25) is 14.6 Å². The van der Waals surface area contributed by atoms with E-state index < -0.39 is 0 Å². The Morgan fingerprint density at radius 3 is 2.43 bits per heavy atom. The lowest BCUT2D eigenvalue weighted by Crippen LogP contribution is -2.31. The van der Waals surface area contributed by atoms with Crippen LogP contribution >= 0.6 is 0 Å². The number of amides is 2. The van der Waals surface area contributed by atoms with Crippen LogP contribution in [0.25, 0.3) is 0 Å². The van der Waals surface area contributed by atoms with Crippen molar-refractivity contribution in [3.05, 3.63) is 95.8 Å². The van der Waals surface area contributed by atoms with Crippen molar-refractivity contribution in [1.29, 1.82) is 0 Å². The molecular formula is C23H22N4O3. The number of hydrogen-bond donors (Lipinski definition) is 2. The molecule has 0 spiro atoms. The fourth-order valence-electron chi connectivity index (χ4n) is 2.64. The minimum Gasteiger partial charge on any atom is -0.484 e. The molecular weight excluding hydrogens is 380 g/mol. The number of rotatable bonds is 8. The summed E-state index contributed by atoms with van der Waals surface area (Å²) in [6.07, 6.45) is 4.61. The van der Waals surface area contributed by atoms with Crippen LogP contribution in [0.4, 0.5) is 0 Å². The molecule has 0 aliphatic heterocycles. The van der Waals surface area contributed by atoms with E-state index in [-0.39, 0.29) is 24.5 Å². The number of aromatic nitrogens is 1. The first-order valence-corrected chi connectivity index (χ1v) is 9.42. The number of carbonyl (C=O) groups excluding carboxylic acids is 2. The van der Waals surface area contributed by atoms with Crippen LogP contribution in [-0.2, 0) is 4.79 Å². The molecule has 0 saturated heterocycles. The van der Waals surface area contributed by atoms with Gasteiger partial charge in [0.05, 0.1) is 12.3 Å². The number of nitrogens with zero attached hydrogens (tertiary/aromatic N) is 2. The summed E-state index contributed by atoms with van der Waals surface area (Å²) in [4.78, 5) is 27.8. The molecule has 0 saturated carbocycles. The van der Waals surface area contributed by atoms with E-state index in [0.29, 0.717) is 11.3 Å². The normalized spacial score (nSPS) is 11.6. The van der Waals surface area contributed by atoms with Crippen LogP contribution in [0.3, 0.4) is 0 Å². The van der Waals surface area contributed by atoms with E-state index in [1.54, 1.807) is 48.8 Å². The van der Waals surface area contributed by atoms with Crippen LogP contribution in [0.5, 0.6) is 5.75 Å².